The van der Waals surface area contributed by atoms with E-state index in [2.05, 4.69) is 5.32 Å². The molecule has 1 N–H and O–H groups in total. The molecule has 2 aliphatic heterocycles. The van der Waals surface area contributed by atoms with Gasteiger partial charge in [0.25, 0.3) is 0 Å². The minimum Gasteiger partial charge on any atom is -0.316 e. The highest BCUT2D eigenvalue weighted by molar-refractivity contribution is 7.89. The van der Waals surface area contributed by atoms with Gasteiger partial charge in [-0.25, -0.2) is 17.2 Å². The number of halogens is 3. The van der Waals surface area contributed by atoms with Crippen molar-refractivity contribution in [2.45, 2.75) is 17.9 Å². The Hall–Kier alpha value is -1.54. The van der Waals surface area contributed by atoms with Crippen LogP contribution in [-0.2, 0) is 10.0 Å². The van der Waals surface area contributed by atoms with Crippen LogP contribution in [0.3, 0.4) is 0 Å². The van der Waals surface area contributed by atoms with Crippen molar-refractivity contribution in [1.29, 1.82) is 0 Å². The lowest BCUT2D eigenvalue weighted by atomic mass is 9.90. The van der Waals surface area contributed by atoms with Crippen LogP contribution in [0.4, 0.5) is 8.78 Å². The quantitative estimate of drug-likeness (QED) is 0.838. The second kappa shape index (κ2) is 7.47. The van der Waals surface area contributed by atoms with Crippen molar-refractivity contribution >= 4 is 22.4 Å². The summed E-state index contributed by atoms with van der Waals surface area (Å²) in [6.45, 7) is 3.40. The first-order valence-electron chi connectivity index (χ1n) is 8.62. The molecule has 2 saturated heterocycles. The normalized spacial score (nSPS) is 25.2. The summed E-state index contributed by atoms with van der Waals surface area (Å²) in [5.41, 5.74) is 1.03. The highest BCUT2D eigenvalue weighted by atomic mass is 35.5. The van der Waals surface area contributed by atoms with E-state index in [1.807, 2.05) is 0 Å². The number of sulfonamides is 1. The zero-order chi connectivity index (χ0) is 18.5. The third kappa shape index (κ3) is 3.49. The molecule has 2 aromatic carbocycles. The number of rotatable bonds is 3. The Bertz CT molecular complexity index is 954. The number of hydrogen-bond donors (Lipinski definition) is 1. The van der Waals surface area contributed by atoms with Crippen molar-refractivity contribution in [2.75, 3.05) is 19.6 Å². The van der Waals surface area contributed by atoms with Gasteiger partial charge in [-0.2, -0.15) is 4.31 Å². The average molecular weight is 415 g/mol. The lowest BCUT2D eigenvalue weighted by Gasteiger charge is -2.28. The molecule has 146 valence electrons. The third-order valence-corrected chi connectivity index (χ3v) is 7.44. The van der Waals surface area contributed by atoms with Crippen LogP contribution in [0.15, 0.2) is 47.4 Å². The predicted molar refractivity (Wildman–Crippen MR) is 101 cm³/mol. The zero-order valence-electron chi connectivity index (χ0n) is 14.7. The Labute approximate surface area is 164 Å². The molecule has 2 aromatic rings. The van der Waals surface area contributed by atoms with E-state index in [1.165, 1.54) is 28.6 Å². The zero-order valence-corrected chi connectivity index (χ0v) is 16.4. The Balaban J connectivity index is 0.00000210. The summed E-state index contributed by atoms with van der Waals surface area (Å²) in [6.07, 6.45) is 0. The highest BCUT2D eigenvalue weighted by Crippen LogP contribution is 2.45. The van der Waals surface area contributed by atoms with E-state index < -0.39 is 21.9 Å². The molecule has 4 rings (SSSR count). The number of benzene rings is 2. The summed E-state index contributed by atoms with van der Waals surface area (Å²) in [5.74, 6) is -0.580. The molecule has 0 unspecified atom stereocenters. The molecule has 0 spiro atoms. The van der Waals surface area contributed by atoms with Crippen molar-refractivity contribution in [3.8, 4) is 0 Å². The summed E-state index contributed by atoms with van der Waals surface area (Å²) in [6, 6.07) is 9.41. The van der Waals surface area contributed by atoms with Gasteiger partial charge in [0.15, 0.2) is 0 Å². The molecule has 0 radical (unpaired) electrons. The van der Waals surface area contributed by atoms with Crippen molar-refractivity contribution in [2.24, 2.45) is 11.8 Å². The molecular weight excluding hydrogens is 394 g/mol. The molecule has 0 aromatic heterocycles. The number of hydrogen-bond acceptors (Lipinski definition) is 3. The van der Waals surface area contributed by atoms with Crippen LogP contribution in [0.25, 0.3) is 0 Å². The maximum atomic E-state index is 13.8. The van der Waals surface area contributed by atoms with Gasteiger partial charge in [0, 0.05) is 13.1 Å². The van der Waals surface area contributed by atoms with Gasteiger partial charge in [-0.15, -0.1) is 12.4 Å². The maximum Gasteiger partial charge on any atom is 0.243 e. The molecule has 2 heterocycles. The first-order valence-corrected chi connectivity index (χ1v) is 10.1. The molecule has 0 amide bonds. The standard InChI is InChI=1S/C19H20F2N2O2S.ClH/c1-12-7-16(21)5-6-18(12)26(24,25)23-11-14-9-22-10-17(14)19(23)13-3-2-4-15(20)8-13;/h2-8,14,17,19,22H,9-11H2,1H3;1H/t14-,17-,19+;/m0./s1. The Morgan fingerprint density at radius 3 is 2.52 bits per heavy atom. The molecule has 3 atom stereocenters. The van der Waals surface area contributed by atoms with Crippen molar-refractivity contribution in [1.82, 2.24) is 9.62 Å². The van der Waals surface area contributed by atoms with E-state index in [9.17, 15) is 17.2 Å². The smallest absolute Gasteiger partial charge is 0.243 e. The monoisotopic (exact) mass is 414 g/mol. The first kappa shape index (κ1) is 20.2. The van der Waals surface area contributed by atoms with Gasteiger partial charge in [0.2, 0.25) is 10.0 Å². The van der Waals surface area contributed by atoms with E-state index in [4.69, 9.17) is 0 Å². The van der Waals surface area contributed by atoms with E-state index >= 15 is 0 Å². The average Bonchev–Trinajstić information content (AvgIpc) is 3.15. The fourth-order valence-electron chi connectivity index (χ4n) is 4.26. The van der Waals surface area contributed by atoms with Crippen LogP contribution in [0, 0.1) is 30.4 Å². The summed E-state index contributed by atoms with van der Waals surface area (Å²) >= 11 is 0. The van der Waals surface area contributed by atoms with Crippen molar-refractivity contribution in [3.05, 3.63) is 65.2 Å². The third-order valence-electron chi connectivity index (χ3n) is 5.44. The minimum atomic E-state index is -3.82. The molecule has 27 heavy (non-hydrogen) atoms. The largest absolute Gasteiger partial charge is 0.316 e. The molecule has 2 fully saturated rings. The molecule has 8 heteroatoms. The van der Waals surface area contributed by atoms with Gasteiger partial charge in [-0.3, -0.25) is 0 Å². The van der Waals surface area contributed by atoms with Gasteiger partial charge in [-0.05, 0) is 66.8 Å². The van der Waals surface area contributed by atoms with E-state index in [1.54, 1.807) is 19.1 Å². The fraction of sp³-hybridized carbons (Fsp3) is 0.368. The number of fused-ring (bicyclic) bond motifs is 1. The number of nitrogens with one attached hydrogen (secondary N) is 1. The molecule has 0 bridgehead atoms. The Morgan fingerprint density at radius 2 is 1.81 bits per heavy atom. The van der Waals surface area contributed by atoms with Gasteiger partial charge in [-0.1, -0.05) is 12.1 Å². The molecular formula is C19H21ClF2N2O2S. The van der Waals surface area contributed by atoms with Crippen LogP contribution in [0.1, 0.15) is 17.2 Å². The Morgan fingerprint density at radius 1 is 1.07 bits per heavy atom. The minimum absolute atomic E-state index is 0. The predicted octanol–water partition coefficient (Wildman–Crippen LogP) is 3.28. The second-order valence-electron chi connectivity index (χ2n) is 7.07. The first-order chi connectivity index (χ1) is 12.4. The Kier molecular flexibility index (Phi) is 5.59. The van der Waals surface area contributed by atoms with E-state index in [0.29, 0.717) is 24.2 Å². The van der Waals surface area contributed by atoms with E-state index in [-0.39, 0.29) is 35.0 Å². The summed E-state index contributed by atoms with van der Waals surface area (Å²) in [4.78, 5) is 0.105. The summed E-state index contributed by atoms with van der Waals surface area (Å²) in [7, 11) is -3.82. The van der Waals surface area contributed by atoms with E-state index in [0.717, 1.165) is 12.6 Å². The summed E-state index contributed by atoms with van der Waals surface area (Å²) in [5, 5.41) is 3.30. The van der Waals surface area contributed by atoms with Crippen LogP contribution < -0.4 is 5.32 Å². The molecule has 2 aliphatic rings. The van der Waals surface area contributed by atoms with Gasteiger partial charge < -0.3 is 5.32 Å². The van der Waals surface area contributed by atoms with Gasteiger partial charge in [0.05, 0.1) is 10.9 Å². The molecule has 0 aliphatic carbocycles. The van der Waals surface area contributed by atoms with Crippen LogP contribution in [0.5, 0.6) is 0 Å². The van der Waals surface area contributed by atoms with Crippen molar-refractivity contribution in [3.63, 3.8) is 0 Å². The SMILES string of the molecule is Cc1cc(F)ccc1S(=O)(=O)N1C[C@@H]2CNC[C@@H]2[C@H]1c1cccc(F)c1.Cl. The van der Waals surface area contributed by atoms with Crippen LogP contribution in [-0.4, -0.2) is 32.4 Å². The topological polar surface area (TPSA) is 49.4 Å². The maximum absolute atomic E-state index is 13.8. The molecule has 0 saturated carbocycles. The number of aryl methyl sites for hydroxylation is 1. The second-order valence-corrected chi connectivity index (χ2v) is 8.93. The van der Waals surface area contributed by atoms with Gasteiger partial charge >= 0.3 is 0 Å². The van der Waals surface area contributed by atoms with Gasteiger partial charge in [0.1, 0.15) is 11.6 Å². The fourth-order valence-corrected chi connectivity index (χ4v) is 6.18. The lowest BCUT2D eigenvalue weighted by molar-refractivity contribution is 0.344. The highest BCUT2D eigenvalue weighted by Gasteiger charge is 2.49. The van der Waals surface area contributed by atoms with Crippen LogP contribution >= 0.6 is 12.4 Å². The number of nitrogens with zero attached hydrogens (tertiary/aromatic N) is 1. The summed E-state index contributed by atoms with van der Waals surface area (Å²) < 4.78 is 55.4. The van der Waals surface area contributed by atoms with Crippen LogP contribution in [0.2, 0.25) is 0 Å². The van der Waals surface area contributed by atoms with Crippen molar-refractivity contribution < 1.29 is 17.2 Å². The molecule has 4 nitrogen and oxygen atoms in total. The lowest BCUT2D eigenvalue weighted by Crippen LogP contribution is -2.35.